The summed E-state index contributed by atoms with van der Waals surface area (Å²) >= 11 is 0. The molecule has 0 aliphatic carbocycles. The first-order chi connectivity index (χ1) is 11.3. The molecule has 2 N–H and O–H groups in total. The fraction of sp³-hybridized carbons (Fsp3) is 0.389. The average Bonchev–Trinajstić information content (AvgIpc) is 2.73. The van der Waals surface area contributed by atoms with Crippen molar-refractivity contribution in [3.05, 3.63) is 46.8 Å². The summed E-state index contributed by atoms with van der Waals surface area (Å²) in [6.07, 6.45) is 0.555. The van der Waals surface area contributed by atoms with Gasteiger partial charge in [0.25, 0.3) is 0 Å². The van der Waals surface area contributed by atoms with Gasteiger partial charge in [-0.2, -0.15) is 5.10 Å². The third-order valence-corrected chi connectivity index (χ3v) is 4.17. The van der Waals surface area contributed by atoms with Gasteiger partial charge in [0.2, 0.25) is 5.91 Å². The molecule has 128 valence electrons. The van der Waals surface area contributed by atoms with Gasteiger partial charge >= 0.3 is 5.97 Å². The summed E-state index contributed by atoms with van der Waals surface area (Å²) in [5.74, 6) is -1.20. The summed E-state index contributed by atoms with van der Waals surface area (Å²) in [5.41, 5.74) is 4.38. The van der Waals surface area contributed by atoms with Gasteiger partial charge < -0.3 is 10.4 Å². The molecular weight excluding hydrogens is 306 g/mol. The highest BCUT2D eigenvalue weighted by molar-refractivity contribution is 5.92. The number of carbonyl (C=O) groups excluding carboxylic acids is 1. The summed E-state index contributed by atoms with van der Waals surface area (Å²) in [7, 11) is 1.89. The third kappa shape index (κ3) is 4.22. The number of anilines is 1. The maximum Gasteiger partial charge on any atom is 0.307 e. The minimum atomic E-state index is -0.894. The van der Waals surface area contributed by atoms with Crippen molar-refractivity contribution in [1.82, 2.24) is 9.78 Å². The van der Waals surface area contributed by atoms with Crippen LogP contribution in [-0.4, -0.2) is 26.8 Å². The zero-order valence-electron chi connectivity index (χ0n) is 14.5. The van der Waals surface area contributed by atoms with Crippen molar-refractivity contribution < 1.29 is 14.7 Å². The van der Waals surface area contributed by atoms with Crippen molar-refractivity contribution >= 4 is 17.6 Å². The number of aliphatic carboxylic acids is 1. The number of carboxylic acids is 1. The Morgan fingerprint density at radius 2 is 2.04 bits per heavy atom. The predicted molar refractivity (Wildman–Crippen MR) is 92.0 cm³/mol. The van der Waals surface area contributed by atoms with E-state index >= 15 is 0 Å². The topological polar surface area (TPSA) is 84.2 Å². The van der Waals surface area contributed by atoms with E-state index in [2.05, 4.69) is 10.4 Å². The van der Waals surface area contributed by atoms with Crippen LogP contribution in [0.2, 0.25) is 0 Å². The van der Waals surface area contributed by atoms with E-state index in [0.29, 0.717) is 17.7 Å². The molecule has 0 bridgehead atoms. The first kappa shape index (κ1) is 17.7. The van der Waals surface area contributed by atoms with Crippen LogP contribution in [0.15, 0.2) is 24.3 Å². The number of aromatic nitrogens is 2. The fourth-order valence-corrected chi connectivity index (χ4v) is 2.71. The highest BCUT2D eigenvalue weighted by Crippen LogP contribution is 2.19. The Bertz CT molecular complexity index is 765. The number of hydrogen-bond donors (Lipinski definition) is 2. The smallest absolute Gasteiger partial charge is 0.307 e. The van der Waals surface area contributed by atoms with Gasteiger partial charge in [-0.25, -0.2) is 0 Å². The van der Waals surface area contributed by atoms with Crippen LogP contribution in [0, 0.1) is 19.8 Å². The molecule has 0 aliphatic rings. The lowest BCUT2D eigenvalue weighted by Crippen LogP contribution is -2.22. The van der Waals surface area contributed by atoms with Crippen molar-refractivity contribution in [3.63, 3.8) is 0 Å². The largest absolute Gasteiger partial charge is 0.481 e. The van der Waals surface area contributed by atoms with Gasteiger partial charge in [0.1, 0.15) is 0 Å². The number of amides is 1. The molecule has 0 radical (unpaired) electrons. The van der Waals surface area contributed by atoms with Gasteiger partial charge in [-0.3, -0.25) is 14.3 Å². The molecule has 6 heteroatoms. The molecule has 24 heavy (non-hydrogen) atoms. The lowest BCUT2D eigenvalue weighted by Gasteiger charge is -2.13. The Kier molecular flexibility index (Phi) is 5.39. The number of carbonyl (C=O) groups is 2. The number of rotatable bonds is 6. The second-order valence-electron chi connectivity index (χ2n) is 6.14. The highest BCUT2D eigenvalue weighted by atomic mass is 16.4. The van der Waals surface area contributed by atoms with Crippen LogP contribution in [0.25, 0.3) is 0 Å². The maximum absolute atomic E-state index is 12.4. The zero-order valence-corrected chi connectivity index (χ0v) is 14.5. The minimum absolute atomic E-state index is 0.0622. The normalized spacial score (nSPS) is 12.0. The number of hydrogen-bond acceptors (Lipinski definition) is 3. The molecule has 1 atom stereocenters. The quantitative estimate of drug-likeness (QED) is 0.853. The van der Waals surface area contributed by atoms with Crippen molar-refractivity contribution in [3.8, 4) is 0 Å². The van der Waals surface area contributed by atoms with Crippen LogP contribution in [0.5, 0.6) is 0 Å². The van der Waals surface area contributed by atoms with Crippen molar-refractivity contribution in [2.75, 3.05) is 5.32 Å². The van der Waals surface area contributed by atoms with E-state index in [1.54, 1.807) is 24.3 Å². The van der Waals surface area contributed by atoms with E-state index < -0.39 is 5.97 Å². The first-order valence-electron chi connectivity index (χ1n) is 7.88. The molecule has 1 unspecified atom stereocenters. The monoisotopic (exact) mass is 329 g/mol. The van der Waals surface area contributed by atoms with Gasteiger partial charge in [-0.05, 0) is 43.5 Å². The highest BCUT2D eigenvalue weighted by Gasteiger charge is 2.18. The zero-order chi connectivity index (χ0) is 17.9. The van der Waals surface area contributed by atoms with Gasteiger partial charge in [0.05, 0.1) is 12.1 Å². The molecule has 0 spiro atoms. The van der Waals surface area contributed by atoms with Crippen LogP contribution in [0.1, 0.15) is 29.4 Å². The summed E-state index contributed by atoms with van der Waals surface area (Å²) in [6.45, 7) is 5.82. The van der Waals surface area contributed by atoms with Crippen LogP contribution in [0.3, 0.4) is 0 Å². The second-order valence-corrected chi connectivity index (χ2v) is 6.14. The average molecular weight is 329 g/mol. The Morgan fingerprint density at radius 1 is 1.33 bits per heavy atom. The van der Waals surface area contributed by atoms with Gasteiger partial charge in [0.15, 0.2) is 0 Å². The van der Waals surface area contributed by atoms with E-state index in [1.165, 1.54) is 0 Å². The van der Waals surface area contributed by atoms with E-state index in [4.69, 9.17) is 5.11 Å². The lowest BCUT2D eigenvalue weighted by molar-refractivity contribution is -0.136. The van der Waals surface area contributed by atoms with Gasteiger partial charge in [-0.1, -0.05) is 19.1 Å². The molecule has 6 nitrogen and oxygen atoms in total. The molecule has 0 saturated heterocycles. The molecule has 1 aromatic heterocycles. The predicted octanol–water partition coefficient (Wildman–Crippen LogP) is 2.48. The maximum atomic E-state index is 12.4. The molecule has 0 fully saturated rings. The standard InChI is InChI=1S/C18H23N3O3/c1-11(8-16-12(2)20-21(4)13(16)3)18(24)19-15-7-5-6-14(9-15)10-17(22)23/h5-7,9,11H,8,10H2,1-4H3,(H,19,24)(H,22,23). The van der Waals surface area contributed by atoms with E-state index in [1.807, 2.05) is 32.5 Å². The van der Waals surface area contributed by atoms with Crippen molar-refractivity contribution in [1.29, 1.82) is 0 Å². The summed E-state index contributed by atoms with van der Waals surface area (Å²) in [6, 6.07) is 6.93. The van der Waals surface area contributed by atoms with E-state index in [-0.39, 0.29) is 18.2 Å². The molecule has 0 aliphatic heterocycles. The molecular formula is C18H23N3O3. The van der Waals surface area contributed by atoms with E-state index in [9.17, 15) is 9.59 Å². The third-order valence-electron chi connectivity index (χ3n) is 4.17. The Balaban J connectivity index is 2.05. The fourth-order valence-electron chi connectivity index (χ4n) is 2.71. The SMILES string of the molecule is Cc1nn(C)c(C)c1CC(C)C(=O)Nc1cccc(CC(=O)O)c1. The number of nitrogens with one attached hydrogen (secondary N) is 1. The van der Waals surface area contributed by atoms with Crippen LogP contribution in [-0.2, 0) is 29.5 Å². The molecule has 1 amide bonds. The summed E-state index contributed by atoms with van der Waals surface area (Å²) in [4.78, 5) is 23.2. The molecule has 2 rings (SSSR count). The first-order valence-corrected chi connectivity index (χ1v) is 7.88. The van der Waals surface area contributed by atoms with Crippen molar-refractivity contribution in [2.24, 2.45) is 13.0 Å². The van der Waals surface area contributed by atoms with E-state index in [0.717, 1.165) is 17.0 Å². The molecule has 1 aromatic carbocycles. The lowest BCUT2D eigenvalue weighted by atomic mass is 9.98. The molecule has 2 aromatic rings. The Labute approximate surface area is 141 Å². The second kappa shape index (κ2) is 7.29. The number of nitrogens with zero attached hydrogens (tertiary/aromatic N) is 2. The minimum Gasteiger partial charge on any atom is -0.481 e. The summed E-state index contributed by atoms with van der Waals surface area (Å²) in [5, 5.41) is 16.1. The van der Waals surface area contributed by atoms with Gasteiger partial charge in [-0.15, -0.1) is 0 Å². The number of aryl methyl sites for hydroxylation is 2. The Hall–Kier alpha value is -2.63. The van der Waals surface area contributed by atoms with Crippen LogP contribution < -0.4 is 5.32 Å². The molecule has 1 heterocycles. The van der Waals surface area contributed by atoms with Crippen LogP contribution in [0.4, 0.5) is 5.69 Å². The number of benzene rings is 1. The van der Waals surface area contributed by atoms with Crippen LogP contribution >= 0.6 is 0 Å². The Morgan fingerprint density at radius 3 is 2.62 bits per heavy atom. The van der Waals surface area contributed by atoms with Gasteiger partial charge in [0, 0.05) is 24.3 Å². The molecule has 0 saturated carbocycles. The number of carboxylic acid groups (broad SMARTS) is 1. The van der Waals surface area contributed by atoms with Crippen molar-refractivity contribution in [2.45, 2.75) is 33.6 Å². The summed E-state index contributed by atoms with van der Waals surface area (Å²) < 4.78 is 1.82.